The molecule has 5 nitrogen and oxygen atoms in total. The predicted octanol–water partition coefficient (Wildman–Crippen LogP) is 3.53. The number of rotatable bonds is 4. The molecule has 2 aromatic carbocycles. The number of ketones is 1. The summed E-state index contributed by atoms with van der Waals surface area (Å²) in [5.41, 5.74) is 2.19. The Bertz CT molecular complexity index is 864. The summed E-state index contributed by atoms with van der Waals surface area (Å²) in [7, 11) is 0. The van der Waals surface area contributed by atoms with Crippen molar-refractivity contribution in [3.05, 3.63) is 64.4 Å². The predicted molar refractivity (Wildman–Crippen MR) is 83.6 cm³/mol. The summed E-state index contributed by atoms with van der Waals surface area (Å²) in [5, 5.41) is 21.2. The zero-order valence-electron chi connectivity index (χ0n) is 11.5. The third-order valence-electron chi connectivity index (χ3n) is 2.84. The van der Waals surface area contributed by atoms with E-state index in [1.165, 1.54) is 42.5 Å². The minimum atomic E-state index is -0.665. The van der Waals surface area contributed by atoms with Crippen molar-refractivity contribution in [1.82, 2.24) is 0 Å². The van der Waals surface area contributed by atoms with E-state index in [9.17, 15) is 9.18 Å². The standard InChI is InChI=1S/C16H8ClFN4O/c17-10-5-6-15(22-21-11(8-19)9-20)13(7-10)16(23)12-3-1-2-4-14(12)18/h1-7,22H. The average Bonchev–Trinajstić information content (AvgIpc) is 2.56. The van der Waals surface area contributed by atoms with Gasteiger partial charge in [-0.15, -0.1) is 0 Å². The van der Waals surface area contributed by atoms with Gasteiger partial charge in [0, 0.05) is 10.6 Å². The van der Waals surface area contributed by atoms with Crippen molar-refractivity contribution in [2.45, 2.75) is 0 Å². The van der Waals surface area contributed by atoms with Crippen LogP contribution in [0.1, 0.15) is 15.9 Å². The number of anilines is 1. The summed E-state index contributed by atoms with van der Waals surface area (Å²) in [4.78, 5) is 12.5. The van der Waals surface area contributed by atoms with Gasteiger partial charge in [0.2, 0.25) is 5.71 Å². The largest absolute Gasteiger partial charge is 0.288 e. The van der Waals surface area contributed by atoms with Crippen molar-refractivity contribution >= 4 is 28.8 Å². The Morgan fingerprint density at radius 3 is 2.48 bits per heavy atom. The van der Waals surface area contributed by atoms with Gasteiger partial charge in [-0.3, -0.25) is 10.2 Å². The topological polar surface area (TPSA) is 89.0 Å². The number of hydrogen-bond acceptors (Lipinski definition) is 5. The van der Waals surface area contributed by atoms with Gasteiger partial charge in [0.1, 0.15) is 18.0 Å². The molecule has 0 aliphatic carbocycles. The fourth-order valence-corrected chi connectivity index (χ4v) is 1.96. The van der Waals surface area contributed by atoms with Crippen LogP contribution in [0.5, 0.6) is 0 Å². The van der Waals surface area contributed by atoms with Crippen molar-refractivity contribution in [2.24, 2.45) is 5.10 Å². The Kier molecular flexibility index (Phi) is 5.03. The van der Waals surface area contributed by atoms with Crippen molar-refractivity contribution in [2.75, 3.05) is 5.43 Å². The fourth-order valence-electron chi connectivity index (χ4n) is 1.78. The number of nitriles is 2. The fraction of sp³-hybridized carbons (Fsp3) is 0. The molecular formula is C16H8ClFN4O. The molecule has 0 spiro atoms. The molecule has 0 aliphatic heterocycles. The molecule has 0 saturated heterocycles. The molecule has 0 atom stereocenters. The highest BCUT2D eigenvalue weighted by Gasteiger charge is 2.17. The number of nitrogens with one attached hydrogen (secondary N) is 1. The quantitative estimate of drug-likeness (QED) is 0.529. The third kappa shape index (κ3) is 3.70. The van der Waals surface area contributed by atoms with Crippen LogP contribution in [0.4, 0.5) is 10.1 Å². The molecule has 2 rings (SSSR count). The lowest BCUT2D eigenvalue weighted by Gasteiger charge is -2.09. The summed E-state index contributed by atoms with van der Waals surface area (Å²) >= 11 is 5.89. The summed E-state index contributed by atoms with van der Waals surface area (Å²) < 4.78 is 13.8. The number of benzene rings is 2. The van der Waals surface area contributed by atoms with E-state index in [0.29, 0.717) is 0 Å². The molecule has 0 saturated carbocycles. The summed E-state index contributed by atoms with van der Waals surface area (Å²) in [6.07, 6.45) is 0. The number of hydrazone groups is 1. The maximum absolute atomic E-state index is 13.8. The van der Waals surface area contributed by atoms with Gasteiger partial charge in [0.15, 0.2) is 5.78 Å². The first-order valence-electron chi connectivity index (χ1n) is 6.29. The van der Waals surface area contributed by atoms with Crippen LogP contribution in [0.15, 0.2) is 47.6 Å². The Balaban J connectivity index is 2.47. The minimum absolute atomic E-state index is 0.0709. The van der Waals surface area contributed by atoms with E-state index in [2.05, 4.69) is 10.5 Å². The molecule has 0 radical (unpaired) electrons. The summed E-state index contributed by atoms with van der Waals surface area (Å²) in [5.74, 6) is -1.26. The third-order valence-corrected chi connectivity index (χ3v) is 3.08. The van der Waals surface area contributed by atoms with Crippen LogP contribution < -0.4 is 5.43 Å². The van der Waals surface area contributed by atoms with Crippen molar-refractivity contribution in [1.29, 1.82) is 10.5 Å². The van der Waals surface area contributed by atoms with Gasteiger partial charge in [0.25, 0.3) is 0 Å². The van der Waals surface area contributed by atoms with Crippen molar-refractivity contribution in [3.8, 4) is 12.1 Å². The van der Waals surface area contributed by atoms with Gasteiger partial charge in [0.05, 0.1) is 11.3 Å². The van der Waals surface area contributed by atoms with Crippen LogP contribution in [0, 0.1) is 28.5 Å². The van der Waals surface area contributed by atoms with Crippen LogP contribution >= 0.6 is 11.6 Å². The smallest absolute Gasteiger partial charge is 0.237 e. The second-order valence-electron chi connectivity index (χ2n) is 4.29. The highest BCUT2D eigenvalue weighted by molar-refractivity contribution is 6.31. The molecule has 0 fully saturated rings. The van der Waals surface area contributed by atoms with Crippen molar-refractivity contribution < 1.29 is 9.18 Å². The van der Waals surface area contributed by atoms with Crippen LogP contribution in [0.3, 0.4) is 0 Å². The molecule has 0 aromatic heterocycles. The van der Waals surface area contributed by atoms with Gasteiger partial charge in [-0.2, -0.15) is 15.6 Å². The van der Waals surface area contributed by atoms with Gasteiger partial charge >= 0.3 is 0 Å². The number of nitrogens with zero attached hydrogens (tertiary/aromatic N) is 3. The SMILES string of the molecule is N#CC(C#N)=NNc1ccc(Cl)cc1C(=O)c1ccccc1F. The van der Waals surface area contributed by atoms with E-state index in [0.717, 1.165) is 0 Å². The average molecular weight is 327 g/mol. The first-order valence-corrected chi connectivity index (χ1v) is 6.67. The molecule has 0 aliphatic rings. The molecule has 1 N–H and O–H groups in total. The Morgan fingerprint density at radius 1 is 1.13 bits per heavy atom. The molecule has 0 unspecified atom stereocenters. The maximum atomic E-state index is 13.8. The molecule has 112 valence electrons. The maximum Gasteiger partial charge on any atom is 0.237 e. The lowest BCUT2D eigenvalue weighted by molar-refractivity contribution is 0.103. The lowest BCUT2D eigenvalue weighted by Crippen LogP contribution is -2.08. The van der Waals surface area contributed by atoms with Crippen LogP contribution in [-0.2, 0) is 0 Å². The van der Waals surface area contributed by atoms with Crippen LogP contribution in [-0.4, -0.2) is 11.5 Å². The number of carbonyl (C=O) groups is 1. The van der Waals surface area contributed by atoms with E-state index in [1.807, 2.05) is 0 Å². The zero-order valence-corrected chi connectivity index (χ0v) is 12.3. The highest BCUT2D eigenvalue weighted by Crippen LogP contribution is 2.24. The second kappa shape index (κ2) is 7.17. The van der Waals surface area contributed by atoms with Gasteiger partial charge in [-0.1, -0.05) is 23.7 Å². The number of hydrogen-bond donors (Lipinski definition) is 1. The minimum Gasteiger partial charge on any atom is -0.288 e. The summed E-state index contributed by atoms with van der Waals surface area (Å²) in [6.45, 7) is 0. The van der Waals surface area contributed by atoms with Crippen LogP contribution in [0.2, 0.25) is 5.02 Å². The molecule has 23 heavy (non-hydrogen) atoms. The van der Waals surface area contributed by atoms with Gasteiger partial charge in [-0.25, -0.2) is 4.39 Å². The second-order valence-corrected chi connectivity index (χ2v) is 4.73. The first kappa shape index (κ1) is 16.2. The lowest BCUT2D eigenvalue weighted by atomic mass is 10.0. The zero-order chi connectivity index (χ0) is 16.8. The molecule has 0 heterocycles. The van der Waals surface area contributed by atoms with E-state index < -0.39 is 17.3 Å². The first-order chi connectivity index (χ1) is 11.1. The monoisotopic (exact) mass is 326 g/mol. The van der Waals surface area contributed by atoms with E-state index >= 15 is 0 Å². The number of carbonyl (C=O) groups excluding carboxylic acids is 1. The molecule has 0 amide bonds. The van der Waals surface area contributed by atoms with Gasteiger partial charge < -0.3 is 0 Å². The molecule has 7 heteroatoms. The highest BCUT2D eigenvalue weighted by atomic mass is 35.5. The normalized spacial score (nSPS) is 9.39. The Morgan fingerprint density at radius 2 is 1.83 bits per heavy atom. The van der Waals surface area contributed by atoms with E-state index in [-0.39, 0.29) is 21.8 Å². The van der Waals surface area contributed by atoms with Crippen molar-refractivity contribution in [3.63, 3.8) is 0 Å². The van der Waals surface area contributed by atoms with Crippen LogP contribution in [0.25, 0.3) is 0 Å². The van der Waals surface area contributed by atoms with E-state index in [4.69, 9.17) is 22.1 Å². The molecule has 0 bridgehead atoms. The Labute approximate surface area is 136 Å². The van der Waals surface area contributed by atoms with E-state index in [1.54, 1.807) is 12.1 Å². The van der Waals surface area contributed by atoms with Gasteiger partial charge in [-0.05, 0) is 30.3 Å². The summed E-state index contributed by atoms with van der Waals surface area (Å²) in [6, 6.07) is 13.0. The number of halogens is 2. The molecule has 2 aromatic rings. The molecular weight excluding hydrogens is 319 g/mol. The Hall–Kier alpha value is -3.22.